The number of rotatable bonds is 8. The number of urea groups is 1. The largest absolute Gasteiger partial charge is 0.326 e. The predicted molar refractivity (Wildman–Crippen MR) is 112 cm³/mol. The van der Waals surface area contributed by atoms with Crippen molar-refractivity contribution in [1.29, 1.82) is 0 Å². The van der Waals surface area contributed by atoms with Gasteiger partial charge in [0.1, 0.15) is 5.54 Å². The Morgan fingerprint density at radius 3 is 2.48 bits per heavy atom. The third-order valence-electron chi connectivity index (χ3n) is 5.72. The Hall–Kier alpha value is -1.93. The first kappa shape index (κ1) is 21.8. The van der Waals surface area contributed by atoms with Gasteiger partial charge in [0, 0.05) is 6.04 Å². The third kappa shape index (κ3) is 4.48. The van der Waals surface area contributed by atoms with E-state index >= 15 is 0 Å². The molecule has 2 heterocycles. The number of imide groups is 1. The summed E-state index contributed by atoms with van der Waals surface area (Å²) in [5, 5.41) is 2.96. The molecule has 2 aliphatic heterocycles. The van der Waals surface area contributed by atoms with E-state index in [4.69, 9.17) is 0 Å². The van der Waals surface area contributed by atoms with Crippen LogP contribution in [0.2, 0.25) is 0 Å². The van der Waals surface area contributed by atoms with E-state index < -0.39 is 21.4 Å². The highest BCUT2D eigenvalue weighted by Gasteiger charge is 2.53. The molecule has 2 atom stereocenters. The smallest absolute Gasteiger partial charge is 0.319 e. The summed E-state index contributed by atoms with van der Waals surface area (Å²) in [4.78, 5) is 29.7. The topological polar surface area (TPSA) is 86.8 Å². The maximum Gasteiger partial charge on any atom is 0.326 e. The van der Waals surface area contributed by atoms with Crippen LogP contribution in [0.5, 0.6) is 0 Å². The lowest BCUT2D eigenvalue weighted by molar-refractivity contribution is -0.134. The van der Waals surface area contributed by atoms with Crippen LogP contribution < -0.4 is 5.32 Å². The van der Waals surface area contributed by atoms with Gasteiger partial charge < -0.3 is 5.32 Å². The maximum atomic E-state index is 13.6. The molecule has 160 valence electrons. The standard InChI is InChI=1S/C21H31N3O4S/c1-4-11-23(18-10-12-29(27,28)14-18)15-24-19(25)21(13-16(2)3,22-20(24)26)17-8-6-5-7-9-17/h5-9,16,18H,4,10-15H2,1-3H3,(H,22,26). The number of hydrogen-bond acceptors (Lipinski definition) is 5. The minimum atomic E-state index is -3.05. The number of nitrogens with one attached hydrogen (secondary N) is 1. The van der Waals surface area contributed by atoms with Gasteiger partial charge in [-0.1, -0.05) is 51.1 Å². The zero-order valence-electron chi connectivity index (χ0n) is 17.4. The number of carbonyl (C=O) groups excluding carboxylic acids is 2. The van der Waals surface area contributed by atoms with E-state index in [0.717, 1.165) is 12.0 Å². The number of hydrogen-bond donors (Lipinski definition) is 1. The van der Waals surface area contributed by atoms with Gasteiger partial charge in [-0.15, -0.1) is 0 Å². The molecule has 1 N–H and O–H groups in total. The highest BCUT2D eigenvalue weighted by atomic mass is 32.2. The van der Waals surface area contributed by atoms with Gasteiger partial charge >= 0.3 is 6.03 Å². The molecule has 2 aliphatic rings. The van der Waals surface area contributed by atoms with E-state index in [1.54, 1.807) is 0 Å². The predicted octanol–water partition coefficient (Wildman–Crippen LogP) is 2.34. The van der Waals surface area contributed by atoms with Crippen molar-refractivity contribution >= 4 is 21.8 Å². The quantitative estimate of drug-likeness (QED) is 0.651. The summed E-state index contributed by atoms with van der Waals surface area (Å²) in [5.41, 5.74) is -0.299. The van der Waals surface area contributed by atoms with Crippen molar-refractivity contribution in [2.75, 3.05) is 24.7 Å². The fourth-order valence-corrected chi connectivity index (χ4v) is 6.20. The number of benzene rings is 1. The maximum absolute atomic E-state index is 13.6. The van der Waals surface area contributed by atoms with Gasteiger partial charge in [-0.2, -0.15) is 0 Å². The first-order valence-corrected chi connectivity index (χ1v) is 12.1. The van der Waals surface area contributed by atoms with E-state index in [2.05, 4.69) is 5.32 Å². The molecule has 2 unspecified atom stereocenters. The van der Waals surface area contributed by atoms with E-state index in [9.17, 15) is 18.0 Å². The second kappa shape index (κ2) is 8.44. The Morgan fingerprint density at radius 2 is 1.93 bits per heavy atom. The van der Waals surface area contributed by atoms with Crippen LogP contribution in [0.1, 0.15) is 45.6 Å². The third-order valence-corrected chi connectivity index (χ3v) is 7.47. The van der Waals surface area contributed by atoms with Crippen LogP contribution in [0.4, 0.5) is 4.79 Å². The van der Waals surface area contributed by atoms with Crippen LogP contribution in [0.25, 0.3) is 0 Å². The summed E-state index contributed by atoms with van der Waals surface area (Å²) in [5.74, 6) is 0.196. The molecule has 0 spiro atoms. The lowest BCUT2D eigenvalue weighted by Crippen LogP contribution is -2.48. The molecule has 7 nitrogen and oxygen atoms in total. The van der Waals surface area contributed by atoms with Gasteiger partial charge in [0.05, 0.1) is 18.2 Å². The summed E-state index contributed by atoms with van der Waals surface area (Å²) in [6.07, 6.45) is 1.86. The van der Waals surface area contributed by atoms with Gasteiger partial charge in [0.15, 0.2) is 9.84 Å². The van der Waals surface area contributed by atoms with Crippen molar-refractivity contribution in [3.05, 3.63) is 35.9 Å². The van der Waals surface area contributed by atoms with Gasteiger partial charge in [-0.3, -0.25) is 9.69 Å². The molecule has 3 amide bonds. The van der Waals surface area contributed by atoms with Crippen LogP contribution in [0.3, 0.4) is 0 Å². The van der Waals surface area contributed by atoms with E-state index in [1.807, 2.05) is 56.0 Å². The summed E-state index contributed by atoms with van der Waals surface area (Å²) in [7, 11) is -3.05. The molecule has 0 aliphatic carbocycles. The molecule has 0 bridgehead atoms. The molecule has 2 fully saturated rings. The Balaban J connectivity index is 1.88. The molecule has 1 aromatic rings. The lowest BCUT2D eigenvalue weighted by Gasteiger charge is -2.32. The molecule has 0 saturated carbocycles. The van der Waals surface area contributed by atoms with Crippen molar-refractivity contribution in [2.45, 2.75) is 51.6 Å². The normalized spacial score (nSPS) is 26.5. The van der Waals surface area contributed by atoms with Crippen molar-refractivity contribution in [3.63, 3.8) is 0 Å². The monoisotopic (exact) mass is 421 g/mol. The van der Waals surface area contributed by atoms with Gasteiger partial charge in [-0.25, -0.2) is 18.1 Å². The molecular formula is C21H31N3O4S. The minimum absolute atomic E-state index is 0.0898. The Kier molecular flexibility index (Phi) is 6.33. The zero-order chi connectivity index (χ0) is 21.2. The van der Waals surface area contributed by atoms with Crippen LogP contribution in [-0.2, 0) is 20.2 Å². The number of carbonyl (C=O) groups is 2. The van der Waals surface area contributed by atoms with Gasteiger partial charge in [-0.05, 0) is 37.3 Å². The molecule has 0 aromatic heterocycles. The fourth-order valence-electron chi connectivity index (χ4n) is 4.44. The second-order valence-corrected chi connectivity index (χ2v) is 10.8. The number of sulfone groups is 1. The van der Waals surface area contributed by atoms with Crippen LogP contribution >= 0.6 is 0 Å². The highest BCUT2D eigenvalue weighted by Crippen LogP contribution is 2.35. The molecule has 29 heavy (non-hydrogen) atoms. The van der Waals surface area contributed by atoms with Crippen LogP contribution in [-0.4, -0.2) is 60.9 Å². The average Bonchev–Trinajstić information content (AvgIpc) is 3.13. The molecular weight excluding hydrogens is 390 g/mol. The first-order chi connectivity index (χ1) is 13.7. The van der Waals surface area contributed by atoms with Crippen molar-refractivity contribution < 1.29 is 18.0 Å². The summed E-state index contributed by atoms with van der Waals surface area (Å²) >= 11 is 0. The SMILES string of the molecule is CCCN(CN1C(=O)NC(CC(C)C)(c2ccccc2)C1=O)C1CCS(=O)(=O)C1. The summed E-state index contributed by atoms with van der Waals surface area (Å²) < 4.78 is 23.9. The van der Waals surface area contributed by atoms with Crippen molar-refractivity contribution in [3.8, 4) is 0 Å². The second-order valence-electron chi connectivity index (χ2n) is 8.54. The molecule has 3 rings (SSSR count). The Bertz CT molecular complexity index is 856. The van der Waals surface area contributed by atoms with Gasteiger partial charge in [0.25, 0.3) is 5.91 Å². The van der Waals surface area contributed by atoms with Crippen LogP contribution in [0, 0.1) is 5.92 Å². The molecule has 1 aromatic carbocycles. The Morgan fingerprint density at radius 1 is 1.24 bits per heavy atom. The minimum Gasteiger partial charge on any atom is -0.319 e. The summed E-state index contributed by atoms with van der Waals surface area (Å²) in [6, 6.07) is 8.79. The first-order valence-electron chi connectivity index (χ1n) is 10.3. The van der Waals surface area contributed by atoms with Crippen LogP contribution in [0.15, 0.2) is 30.3 Å². The highest BCUT2D eigenvalue weighted by molar-refractivity contribution is 7.91. The van der Waals surface area contributed by atoms with Crippen molar-refractivity contribution in [1.82, 2.24) is 15.1 Å². The van der Waals surface area contributed by atoms with E-state index in [-0.39, 0.29) is 36.0 Å². The fraction of sp³-hybridized carbons (Fsp3) is 0.619. The van der Waals surface area contributed by atoms with E-state index in [0.29, 0.717) is 19.4 Å². The Labute approximate surface area is 173 Å². The van der Waals surface area contributed by atoms with E-state index in [1.165, 1.54) is 4.90 Å². The van der Waals surface area contributed by atoms with Gasteiger partial charge in [0.2, 0.25) is 0 Å². The zero-order valence-corrected chi connectivity index (χ0v) is 18.2. The lowest BCUT2D eigenvalue weighted by atomic mass is 9.82. The molecule has 2 saturated heterocycles. The molecule has 0 radical (unpaired) electrons. The van der Waals surface area contributed by atoms with Crippen molar-refractivity contribution in [2.24, 2.45) is 5.92 Å². The molecule has 8 heteroatoms. The average molecular weight is 422 g/mol. The number of amides is 3. The summed E-state index contributed by atoms with van der Waals surface area (Å²) in [6.45, 7) is 6.82. The number of nitrogens with zero attached hydrogens (tertiary/aromatic N) is 2.